The summed E-state index contributed by atoms with van der Waals surface area (Å²) in [4.78, 5) is 15.6. The number of alkyl halides is 2. The molecule has 2 N–H and O–H groups in total. The van der Waals surface area contributed by atoms with E-state index < -0.39 is 24.9 Å². The molecular weight excluding hydrogens is 311 g/mol. The molecule has 0 saturated carbocycles. The highest BCUT2D eigenvalue weighted by Gasteiger charge is 2.42. The molecule has 1 amide bonds. The van der Waals surface area contributed by atoms with Gasteiger partial charge in [-0.1, -0.05) is 6.07 Å². The van der Waals surface area contributed by atoms with E-state index >= 15 is 0 Å². The van der Waals surface area contributed by atoms with Gasteiger partial charge in [-0.15, -0.1) is 24.8 Å². The zero-order chi connectivity index (χ0) is 13.0. The SMILES string of the molecule is Cl.Cl.O=C(NCCc1cccnc1)C1CC(F)(F)CN1. The fraction of sp³-hybridized carbons (Fsp3) is 0.500. The van der Waals surface area contributed by atoms with Crippen molar-refractivity contribution < 1.29 is 13.6 Å². The smallest absolute Gasteiger partial charge is 0.262 e. The van der Waals surface area contributed by atoms with Crippen LogP contribution < -0.4 is 10.6 Å². The predicted octanol–water partition coefficient (Wildman–Crippen LogP) is 1.58. The van der Waals surface area contributed by atoms with Crippen LogP contribution in [0.15, 0.2) is 24.5 Å². The topological polar surface area (TPSA) is 54.0 Å². The molecule has 8 heteroatoms. The first-order valence-electron chi connectivity index (χ1n) is 5.85. The van der Waals surface area contributed by atoms with Crippen molar-refractivity contribution in [1.29, 1.82) is 0 Å². The molecule has 1 fully saturated rings. The molecule has 1 saturated heterocycles. The lowest BCUT2D eigenvalue weighted by molar-refractivity contribution is -0.123. The number of nitrogens with zero attached hydrogens (tertiary/aromatic N) is 1. The highest BCUT2D eigenvalue weighted by atomic mass is 35.5. The maximum Gasteiger partial charge on any atom is 0.262 e. The Hall–Kier alpha value is -0.980. The second-order valence-electron chi connectivity index (χ2n) is 4.40. The summed E-state index contributed by atoms with van der Waals surface area (Å²) >= 11 is 0. The lowest BCUT2D eigenvalue weighted by Crippen LogP contribution is -2.41. The van der Waals surface area contributed by atoms with Crippen LogP contribution in [0.3, 0.4) is 0 Å². The molecule has 4 nitrogen and oxygen atoms in total. The van der Waals surface area contributed by atoms with Gasteiger partial charge in [0.1, 0.15) is 0 Å². The van der Waals surface area contributed by atoms with E-state index in [0.29, 0.717) is 13.0 Å². The van der Waals surface area contributed by atoms with Crippen molar-refractivity contribution in [2.75, 3.05) is 13.1 Å². The molecule has 1 aliphatic rings. The number of rotatable bonds is 4. The van der Waals surface area contributed by atoms with E-state index in [1.54, 1.807) is 12.4 Å². The third-order valence-electron chi connectivity index (χ3n) is 2.86. The van der Waals surface area contributed by atoms with Gasteiger partial charge in [0.25, 0.3) is 5.92 Å². The van der Waals surface area contributed by atoms with E-state index in [2.05, 4.69) is 15.6 Å². The third-order valence-corrected chi connectivity index (χ3v) is 2.86. The number of carbonyl (C=O) groups is 1. The van der Waals surface area contributed by atoms with Gasteiger partial charge in [0.15, 0.2) is 0 Å². The Bertz CT molecular complexity index is 420. The zero-order valence-electron chi connectivity index (χ0n) is 10.6. The number of aromatic nitrogens is 1. The van der Waals surface area contributed by atoms with Crippen molar-refractivity contribution in [3.63, 3.8) is 0 Å². The highest BCUT2D eigenvalue weighted by molar-refractivity contribution is 5.85. The van der Waals surface area contributed by atoms with Gasteiger partial charge < -0.3 is 5.32 Å². The van der Waals surface area contributed by atoms with Crippen LogP contribution in [0.4, 0.5) is 8.78 Å². The van der Waals surface area contributed by atoms with Crippen LogP contribution in [-0.2, 0) is 11.2 Å². The van der Waals surface area contributed by atoms with E-state index in [4.69, 9.17) is 0 Å². The normalized spacial score (nSPS) is 19.6. The molecule has 1 aliphatic heterocycles. The summed E-state index contributed by atoms with van der Waals surface area (Å²) in [5.74, 6) is -3.14. The molecule has 0 aliphatic carbocycles. The zero-order valence-corrected chi connectivity index (χ0v) is 12.3. The van der Waals surface area contributed by atoms with Gasteiger partial charge in [0.05, 0.1) is 12.6 Å². The summed E-state index contributed by atoms with van der Waals surface area (Å²) < 4.78 is 25.8. The van der Waals surface area contributed by atoms with Crippen molar-refractivity contribution in [3.05, 3.63) is 30.1 Å². The monoisotopic (exact) mass is 327 g/mol. The van der Waals surface area contributed by atoms with Crippen molar-refractivity contribution in [2.24, 2.45) is 0 Å². The second kappa shape index (κ2) is 8.34. The highest BCUT2D eigenvalue weighted by Crippen LogP contribution is 2.24. The van der Waals surface area contributed by atoms with Crippen LogP contribution in [0.2, 0.25) is 0 Å². The van der Waals surface area contributed by atoms with Crippen LogP contribution in [-0.4, -0.2) is 35.9 Å². The molecule has 1 aromatic heterocycles. The van der Waals surface area contributed by atoms with Gasteiger partial charge >= 0.3 is 0 Å². The van der Waals surface area contributed by atoms with Crippen LogP contribution in [0.25, 0.3) is 0 Å². The molecule has 20 heavy (non-hydrogen) atoms. The van der Waals surface area contributed by atoms with Crippen molar-refractivity contribution in [3.8, 4) is 0 Å². The van der Waals surface area contributed by atoms with Gasteiger partial charge in [-0.25, -0.2) is 8.78 Å². The molecule has 114 valence electrons. The molecule has 0 radical (unpaired) electrons. The van der Waals surface area contributed by atoms with E-state index in [1.165, 1.54) is 0 Å². The Morgan fingerprint density at radius 1 is 1.50 bits per heavy atom. The van der Waals surface area contributed by atoms with Gasteiger partial charge in [-0.2, -0.15) is 0 Å². The minimum absolute atomic E-state index is 0. The summed E-state index contributed by atoms with van der Waals surface area (Å²) in [6.45, 7) is 0.00195. The maximum absolute atomic E-state index is 12.9. The quantitative estimate of drug-likeness (QED) is 0.882. The molecule has 0 bridgehead atoms. The molecule has 1 aromatic rings. The van der Waals surface area contributed by atoms with Gasteiger partial charge in [0.2, 0.25) is 5.91 Å². The van der Waals surface area contributed by atoms with Gasteiger partial charge in [0, 0.05) is 25.4 Å². The number of nitrogens with one attached hydrogen (secondary N) is 2. The number of pyridine rings is 1. The van der Waals surface area contributed by atoms with Crippen molar-refractivity contribution in [1.82, 2.24) is 15.6 Å². The Labute approximate surface area is 128 Å². The van der Waals surface area contributed by atoms with E-state index in [0.717, 1.165) is 5.56 Å². The largest absolute Gasteiger partial charge is 0.354 e. The molecule has 1 atom stereocenters. The Morgan fingerprint density at radius 2 is 2.25 bits per heavy atom. The number of hydrogen-bond acceptors (Lipinski definition) is 3. The van der Waals surface area contributed by atoms with Crippen LogP contribution in [0, 0.1) is 0 Å². The first-order valence-corrected chi connectivity index (χ1v) is 5.85. The average Bonchev–Trinajstić information content (AvgIpc) is 2.71. The fourth-order valence-corrected chi connectivity index (χ4v) is 1.90. The molecule has 0 spiro atoms. The number of hydrogen-bond donors (Lipinski definition) is 2. The van der Waals surface area contributed by atoms with E-state index in [9.17, 15) is 13.6 Å². The summed E-state index contributed by atoms with van der Waals surface area (Å²) in [6, 6.07) is 2.94. The Balaban J connectivity index is 0.00000180. The summed E-state index contributed by atoms with van der Waals surface area (Å²) in [5, 5.41) is 5.17. The molecule has 2 rings (SSSR count). The first kappa shape index (κ1) is 19.0. The average molecular weight is 328 g/mol. The Morgan fingerprint density at radius 3 is 2.80 bits per heavy atom. The fourth-order valence-electron chi connectivity index (χ4n) is 1.90. The molecule has 0 aromatic carbocycles. The molecular formula is C12H17Cl2F2N3O. The minimum Gasteiger partial charge on any atom is -0.354 e. The van der Waals surface area contributed by atoms with Crippen LogP contribution >= 0.6 is 24.8 Å². The molecule has 2 heterocycles. The number of amides is 1. The maximum atomic E-state index is 12.9. The number of carbonyl (C=O) groups excluding carboxylic acids is 1. The summed E-state index contributed by atoms with van der Waals surface area (Å²) in [7, 11) is 0. The second-order valence-corrected chi connectivity index (χ2v) is 4.40. The van der Waals surface area contributed by atoms with Gasteiger partial charge in [-0.3, -0.25) is 15.1 Å². The van der Waals surface area contributed by atoms with Gasteiger partial charge in [-0.05, 0) is 18.1 Å². The lowest BCUT2D eigenvalue weighted by atomic mass is 10.1. The minimum atomic E-state index is -2.77. The van der Waals surface area contributed by atoms with Crippen LogP contribution in [0.1, 0.15) is 12.0 Å². The number of halogens is 4. The summed E-state index contributed by atoms with van der Waals surface area (Å²) in [6.07, 6.45) is 3.61. The summed E-state index contributed by atoms with van der Waals surface area (Å²) in [5.41, 5.74) is 1.00. The molecule has 1 unspecified atom stereocenters. The van der Waals surface area contributed by atoms with Crippen LogP contribution in [0.5, 0.6) is 0 Å². The van der Waals surface area contributed by atoms with E-state index in [1.807, 2.05) is 12.1 Å². The third kappa shape index (κ3) is 5.56. The standard InChI is InChI=1S/C12H15F2N3O.2ClH/c13-12(14)6-10(17-8-12)11(18)16-5-3-9-2-1-4-15-7-9;;/h1-2,4,7,10,17H,3,5-6,8H2,(H,16,18);2*1H. The van der Waals surface area contributed by atoms with Crippen molar-refractivity contribution in [2.45, 2.75) is 24.8 Å². The Kier molecular flexibility index (Phi) is 7.93. The predicted molar refractivity (Wildman–Crippen MR) is 76.8 cm³/mol. The van der Waals surface area contributed by atoms with E-state index in [-0.39, 0.29) is 30.7 Å². The first-order chi connectivity index (χ1) is 8.57. The lowest BCUT2D eigenvalue weighted by Gasteiger charge is -2.11. The van der Waals surface area contributed by atoms with Crippen molar-refractivity contribution >= 4 is 30.7 Å².